The third kappa shape index (κ3) is 3.26. The molecule has 1 N–H and O–H groups in total. The summed E-state index contributed by atoms with van der Waals surface area (Å²) in [7, 11) is 0. The molecule has 3 aromatic rings. The van der Waals surface area contributed by atoms with Crippen LogP contribution in [0.15, 0.2) is 42.0 Å². The highest BCUT2D eigenvalue weighted by Gasteiger charge is 2.33. The first-order valence-corrected chi connectivity index (χ1v) is 9.74. The fourth-order valence-corrected chi connectivity index (χ4v) is 3.78. The quantitative estimate of drug-likeness (QED) is 0.748. The van der Waals surface area contributed by atoms with Gasteiger partial charge in [0, 0.05) is 17.8 Å². The van der Waals surface area contributed by atoms with Gasteiger partial charge in [-0.3, -0.25) is 4.40 Å². The molecule has 2 amide bonds. The summed E-state index contributed by atoms with van der Waals surface area (Å²) in [4.78, 5) is 19.7. The Kier molecular flexibility index (Phi) is 4.55. The molecule has 6 nitrogen and oxygen atoms in total. The largest absolute Gasteiger partial charge is 0.486 e. The lowest BCUT2D eigenvalue weighted by molar-refractivity contribution is 0.0430. The molecule has 0 radical (unpaired) electrons. The number of urea groups is 1. The molecule has 2 aromatic heterocycles. The molecule has 1 aromatic carbocycles. The molecule has 0 spiro atoms. The summed E-state index contributed by atoms with van der Waals surface area (Å²) in [5.41, 5.74) is 2.07. The van der Waals surface area contributed by atoms with E-state index in [9.17, 15) is 4.79 Å². The Morgan fingerprint density at radius 2 is 2.23 bits per heavy atom. The number of amides is 2. The average Bonchev–Trinajstić information content (AvgIpc) is 3.19. The van der Waals surface area contributed by atoms with E-state index in [0.717, 1.165) is 22.8 Å². The van der Waals surface area contributed by atoms with Crippen molar-refractivity contribution in [2.45, 2.75) is 32.4 Å². The molecular formula is C19H22N4O2S. The Morgan fingerprint density at radius 3 is 3.00 bits per heavy atom. The molecule has 0 unspecified atom stereocenters. The predicted molar refractivity (Wildman–Crippen MR) is 102 cm³/mol. The number of thiazole rings is 1. The minimum absolute atomic E-state index is 0.0571. The zero-order valence-electron chi connectivity index (χ0n) is 14.9. The number of aromatic nitrogens is 2. The summed E-state index contributed by atoms with van der Waals surface area (Å²) in [6.07, 6.45) is 4.92. The van der Waals surface area contributed by atoms with Crippen molar-refractivity contribution in [3.05, 3.63) is 53.3 Å². The molecule has 0 bridgehead atoms. The number of hydrogen-bond donors (Lipinski definition) is 1. The molecule has 1 aliphatic rings. The second-order valence-corrected chi connectivity index (χ2v) is 7.41. The van der Waals surface area contributed by atoms with E-state index < -0.39 is 0 Å². The van der Waals surface area contributed by atoms with Crippen LogP contribution in [0.5, 0.6) is 5.75 Å². The lowest BCUT2D eigenvalue weighted by Crippen LogP contribution is -2.59. The molecule has 26 heavy (non-hydrogen) atoms. The zero-order valence-corrected chi connectivity index (χ0v) is 15.7. The number of nitrogens with one attached hydrogen (secondary N) is 1. The Balaban J connectivity index is 1.29. The van der Waals surface area contributed by atoms with Crippen molar-refractivity contribution in [1.82, 2.24) is 19.6 Å². The van der Waals surface area contributed by atoms with Crippen molar-refractivity contribution in [3.63, 3.8) is 0 Å². The van der Waals surface area contributed by atoms with Crippen molar-refractivity contribution in [1.29, 1.82) is 0 Å². The predicted octanol–water partition coefficient (Wildman–Crippen LogP) is 3.49. The summed E-state index contributed by atoms with van der Waals surface area (Å²) in [5.74, 6) is 0.923. The maximum Gasteiger partial charge on any atom is 0.318 e. The highest BCUT2D eigenvalue weighted by Crippen LogP contribution is 2.23. The molecule has 1 aliphatic heterocycles. The first kappa shape index (κ1) is 16.9. The van der Waals surface area contributed by atoms with Crippen molar-refractivity contribution >= 4 is 22.3 Å². The summed E-state index contributed by atoms with van der Waals surface area (Å²) in [6.45, 7) is 5.28. The number of carbonyl (C=O) groups excluding carboxylic acids is 1. The van der Waals surface area contributed by atoms with Crippen LogP contribution in [0.3, 0.4) is 0 Å². The van der Waals surface area contributed by atoms with Gasteiger partial charge in [0.05, 0.1) is 24.8 Å². The number of fused-ring (bicyclic) bond motifs is 1. The van der Waals surface area contributed by atoms with E-state index in [1.54, 1.807) is 16.2 Å². The summed E-state index contributed by atoms with van der Waals surface area (Å²) in [5, 5.41) is 5.01. The zero-order chi connectivity index (χ0) is 18.1. The van der Waals surface area contributed by atoms with E-state index in [1.807, 2.05) is 47.3 Å². The van der Waals surface area contributed by atoms with Crippen LogP contribution >= 0.6 is 11.3 Å². The van der Waals surface area contributed by atoms with Crippen LogP contribution < -0.4 is 10.1 Å². The van der Waals surface area contributed by atoms with Gasteiger partial charge in [-0.1, -0.05) is 25.1 Å². The molecule has 7 heteroatoms. The number of rotatable bonds is 5. The van der Waals surface area contributed by atoms with Crippen LogP contribution in [0.4, 0.5) is 4.79 Å². The summed E-state index contributed by atoms with van der Waals surface area (Å²) in [6, 6.07) is 7.87. The van der Waals surface area contributed by atoms with Crippen LogP contribution in [0.1, 0.15) is 31.1 Å². The number of imidazole rings is 1. The molecule has 0 aliphatic carbocycles. The van der Waals surface area contributed by atoms with E-state index >= 15 is 0 Å². The molecule has 4 rings (SSSR count). The van der Waals surface area contributed by atoms with Gasteiger partial charge >= 0.3 is 6.03 Å². The summed E-state index contributed by atoms with van der Waals surface area (Å²) >= 11 is 1.58. The van der Waals surface area contributed by atoms with Gasteiger partial charge in [-0.25, -0.2) is 9.78 Å². The number of hydrogen-bond acceptors (Lipinski definition) is 4. The minimum Gasteiger partial charge on any atom is -0.486 e. The van der Waals surface area contributed by atoms with Crippen LogP contribution in [0, 0.1) is 0 Å². The minimum atomic E-state index is -0.129. The third-order valence-corrected chi connectivity index (χ3v) is 5.45. The fourth-order valence-electron chi connectivity index (χ4n) is 3.07. The maximum atomic E-state index is 12.4. The smallest absolute Gasteiger partial charge is 0.318 e. The van der Waals surface area contributed by atoms with E-state index in [4.69, 9.17) is 4.74 Å². The van der Waals surface area contributed by atoms with Gasteiger partial charge in [-0.15, -0.1) is 11.3 Å². The molecule has 136 valence electrons. The molecule has 0 saturated carbocycles. The number of ether oxygens (including phenoxy) is 1. The van der Waals surface area contributed by atoms with E-state index in [2.05, 4.69) is 23.3 Å². The second kappa shape index (κ2) is 6.99. The van der Waals surface area contributed by atoms with Crippen molar-refractivity contribution in [3.8, 4) is 5.75 Å². The molecular weight excluding hydrogens is 348 g/mol. The van der Waals surface area contributed by atoms with Crippen LogP contribution in [-0.4, -0.2) is 39.5 Å². The highest BCUT2D eigenvalue weighted by molar-refractivity contribution is 7.15. The maximum absolute atomic E-state index is 12.4. The monoisotopic (exact) mass is 370 g/mol. The van der Waals surface area contributed by atoms with Crippen LogP contribution in [0.25, 0.3) is 4.96 Å². The van der Waals surface area contributed by atoms with Gasteiger partial charge in [-0.05, 0) is 25.0 Å². The molecule has 1 atom stereocenters. The number of aryl methyl sites for hydroxylation is 1. The molecule has 1 fully saturated rings. The number of para-hydroxylation sites is 1. The van der Waals surface area contributed by atoms with E-state index in [-0.39, 0.29) is 18.2 Å². The Bertz CT molecular complexity index is 885. The van der Waals surface area contributed by atoms with Crippen molar-refractivity contribution in [2.75, 3.05) is 13.1 Å². The van der Waals surface area contributed by atoms with Gasteiger partial charge < -0.3 is 15.0 Å². The van der Waals surface area contributed by atoms with Gasteiger partial charge in [0.1, 0.15) is 11.9 Å². The van der Waals surface area contributed by atoms with Crippen LogP contribution in [-0.2, 0) is 6.42 Å². The van der Waals surface area contributed by atoms with Crippen LogP contribution in [0.2, 0.25) is 0 Å². The second-order valence-electron chi connectivity index (χ2n) is 6.54. The van der Waals surface area contributed by atoms with Crippen molar-refractivity contribution < 1.29 is 9.53 Å². The molecule has 3 heterocycles. The number of likely N-dealkylation sites (tertiary alicyclic amines) is 1. The van der Waals surface area contributed by atoms with Gasteiger partial charge in [0.2, 0.25) is 0 Å². The Labute approximate surface area is 156 Å². The Morgan fingerprint density at radius 1 is 1.42 bits per heavy atom. The van der Waals surface area contributed by atoms with Gasteiger partial charge in [-0.2, -0.15) is 0 Å². The third-order valence-electron chi connectivity index (χ3n) is 4.68. The van der Waals surface area contributed by atoms with E-state index in [0.29, 0.717) is 13.1 Å². The average molecular weight is 370 g/mol. The lowest BCUT2D eigenvalue weighted by atomic mass is 10.1. The number of carbonyl (C=O) groups is 1. The topological polar surface area (TPSA) is 58.9 Å². The van der Waals surface area contributed by atoms with E-state index in [1.165, 1.54) is 5.56 Å². The first-order chi connectivity index (χ1) is 12.6. The highest BCUT2D eigenvalue weighted by atomic mass is 32.1. The Hall–Kier alpha value is -2.54. The molecule has 1 saturated heterocycles. The standard InChI is InChI=1S/C19H22N4O2S/c1-3-14-6-4-5-7-17(14)25-15-10-23(11-15)18(24)20-13(2)16-12-22-8-9-26-19(22)21-16/h4-9,12-13,15H,3,10-11H2,1-2H3,(H,20,24)/t13-/m1/s1. The SMILES string of the molecule is CCc1ccccc1OC1CN(C(=O)N[C@H](C)c2cn3ccsc3n2)C1. The normalized spacial score (nSPS) is 15.7. The number of benzene rings is 1. The first-order valence-electron chi connectivity index (χ1n) is 8.86. The fraction of sp³-hybridized carbons (Fsp3) is 0.368. The van der Waals surface area contributed by atoms with Gasteiger partial charge in [0.15, 0.2) is 4.96 Å². The van der Waals surface area contributed by atoms with Gasteiger partial charge in [0.25, 0.3) is 0 Å². The van der Waals surface area contributed by atoms with Crippen molar-refractivity contribution in [2.24, 2.45) is 0 Å². The lowest BCUT2D eigenvalue weighted by Gasteiger charge is -2.39. The summed E-state index contributed by atoms with van der Waals surface area (Å²) < 4.78 is 8.01. The number of nitrogens with zero attached hydrogens (tertiary/aromatic N) is 3.